The second-order valence-corrected chi connectivity index (χ2v) is 5.90. The van der Waals surface area contributed by atoms with Crippen LogP contribution in [0.3, 0.4) is 0 Å². The Kier molecular flexibility index (Phi) is 5.25. The van der Waals surface area contributed by atoms with Gasteiger partial charge < -0.3 is 19.1 Å². The minimum atomic E-state index is -0.835. The molecule has 0 aliphatic carbocycles. The lowest BCUT2D eigenvalue weighted by Gasteiger charge is -2.29. The number of halogens is 2. The first-order valence-electron chi connectivity index (χ1n) is 8.11. The van der Waals surface area contributed by atoms with Crippen molar-refractivity contribution in [3.63, 3.8) is 0 Å². The number of ether oxygens (including phenoxy) is 3. The SMILES string of the molecule is COc1cc2c(cc1OC)CN(C(=O)COc1ccc(F)cc1F)CC2. The second-order valence-electron chi connectivity index (χ2n) is 5.90. The molecule has 3 rings (SSSR count). The van der Waals surface area contributed by atoms with E-state index in [1.54, 1.807) is 19.1 Å². The summed E-state index contributed by atoms with van der Waals surface area (Å²) in [5.74, 6) is -0.694. The molecule has 26 heavy (non-hydrogen) atoms. The molecule has 0 spiro atoms. The van der Waals surface area contributed by atoms with Crippen LogP contribution in [-0.4, -0.2) is 38.2 Å². The average molecular weight is 363 g/mol. The summed E-state index contributed by atoms with van der Waals surface area (Å²) in [5, 5.41) is 0. The summed E-state index contributed by atoms with van der Waals surface area (Å²) in [5.41, 5.74) is 2.06. The Bertz CT molecular complexity index is 825. The van der Waals surface area contributed by atoms with Crippen molar-refractivity contribution < 1.29 is 27.8 Å². The second kappa shape index (κ2) is 7.59. The van der Waals surface area contributed by atoms with Gasteiger partial charge in [-0.15, -0.1) is 0 Å². The molecule has 0 saturated carbocycles. The Morgan fingerprint density at radius 3 is 2.38 bits per heavy atom. The number of nitrogens with zero attached hydrogens (tertiary/aromatic N) is 1. The molecule has 0 aromatic heterocycles. The van der Waals surface area contributed by atoms with Gasteiger partial charge in [-0.05, 0) is 41.8 Å². The molecule has 0 atom stereocenters. The van der Waals surface area contributed by atoms with Crippen LogP contribution in [0.2, 0.25) is 0 Å². The van der Waals surface area contributed by atoms with Crippen LogP contribution in [0.15, 0.2) is 30.3 Å². The molecule has 5 nitrogen and oxygen atoms in total. The molecule has 0 bridgehead atoms. The maximum Gasteiger partial charge on any atom is 0.260 e. The standard InChI is InChI=1S/C19H19F2NO4/c1-24-17-7-12-5-6-22(10-13(12)8-18(17)25-2)19(23)11-26-16-4-3-14(20)9-15(16)21/h3-4,7-9H,5-6,10-11H2,1-2H3. The zero-order valence-electron chi connectivity index (χ0n) is 14.6. The molecule has 1 amide bonds. The van der Waals surface area contributed by atoms with E-state index < -0.39 is 11.6 Å². The van der Waals surface area contributed by atoms with Crippen molar-refractivity contribution in [3.05, 3.63) is 53.1 Å². The molecule has 2 aromatic rings. The van der Waals surface area contributed by atoms with E-state index in [0.29, 0.717) is 31.0 Å². The normalized spacial score (nSPS) is 13.2. The molecule has 1 aliphatic heterocycles. The Morgan fingerprint density at radius 2 is 1.73 bits per heavy atom. The lowest BCUT2D eigenvalue weighted by molar-refractivity contribution is -0.134. The monoisotopic (exact) mass is 363 g/mol. The molecule has 0 radical (unpaired) electrons. The number of amides is 1. The van der Waals surface area contributed by atoms with Crippen molar-refractivity contribution >= 4 is 5.91 Å². The molecule has 0 unspecified atom stereocenters. The molecule has 138 valence electrons. The number of carbonyl (C=O) groups is 1. The summed E-state index contributed by atoms with van der Waals surface area (Å²) in [6, 6.07) is 6.74. The van der Waals surface area contributed by atoms with Crippen LogP contribution in [-0.2, 0) is 17.8 Å². The number of rotatable bonds is 5. The highest BCUT2D eigenvalue weighted by molar-refractivity contribution is 5.78. The van der Waals surface area contributed by atoms with Crippen LogP contribution in [0.25, 0.3) is 0 Å². The summed E-state index contributed by atoms with van der Waals surface area (Å²) in [4.78, 5) is 14.0. The molecule has 7 heteroatoms. The zero-order valence-corrected chi connectivity index (χ0v) is 14.6. The molecule has 0 saturated heterocycles. The molecule has 0 N–H and O–H groups in total. The maximum atomic E-state index is 13.6. The van der Waals surface area contributed by atoms with Gasteiger partial charge in [0.05, 0.1) is 14.2 Å². The van der Waals surface area contributed by atoms with E-state index in [-0.39, 0.29) is 18.3 Å². The van der Waals surface area contributed by atoms with E-state index in [0.717, 1.165) is 23.3 Å². The summed E-state index contributed by atoms with van der Waals surface area (Å²) < 4.78 is 42.3. The van der Waals surface area contributed by atoms with Crippen molar-refractivity contribution in [1.82, 2.24) is 4.90 Å². The van der Waals surface area contributed by atoms with E-state index in [4.69, 9.17) is 14.2 Å². The van der Waals surface area contributed by atoms with Gasteiger partial charge in [-0.25, -0.2) is 8.78 Å². The van der Waals surface area contributed by atoms with Crippen molar-refractivity contribution in [2.45, 2.75) is 13.0 Å². The van der Waals surface area contributed by atoms with Gasteiger partial charge in [-0.3, -0.25) is 4.79 Å². The van der Waals surface area contributed by atoms with Gasteiger partial charge in [-0.1, -0.05) is 0 Å². The van der Waals surface area contributed by atoms with Gasteiger partial charge in [0.25, 0.3) is 5.91 Å². The molecule has 1 aliphatic rings. The fourth-order valence-electron chi connectivity index (χ4n) is 2.92. The lowest BCUT2D eigenvalue weighted by atomic mass is 9.99. The van der Waals surface area contributed by atoms with Crippen molar-refractivity contribution in [1.29, 1.82) is 0 Å². The third kappa shape index (κ3) is 3.71. The fourth-order valence-corrected chi connectivity index (χ4v) is 2.92. The van der Waals surface area contributed by atoms with Crippen molar-refractivity contribution in [3.8, 4) is 17.2 Å². The van der Waals surface area contributed by atoms with Crippen LogP contribution >= 0.6 is 0 Å². The average Bonchev–Trinajstić information content (AvgIpc) is 2.65. The van der Waals surface area contributed by atoms with Crippen molar-refractivity contribution in [2.24, 2.45) is 0 Å². The largest absolute Gasteiger partial charge is 0.493 e. The van der Waals surface area contributed by atoms with E-state index in [1.807, 2.05) is 12.1 Å². The van der Waals surface area contributed by atoms with Gasteiger partial charge in [0, 0.05) is 19.2 Å². The Labute approximate surface area is 150 Å². The topological polar surface area (TPSA) is 48.0 Å². The lowest BCUT2D eigenvalue weighted by Crippen LogP contribution is -2.38. The Hall–Kier alpha value is -2.83. The zero-order chi connectivity index (χ0) is 18.7. The quantitative estimate of drug-likeness (QED) is 0.820. The van der Waals surface area contributed by atoms with E-state index in [9.17, 15) is 13.6 Å². The number of hydrogen-bond acceptors (Lipinski definition) is 4. The molecular formula is C19H19F2NO4. The number of fused-ring (bicyclic) bond motifs is 1. The van der Waals surface area contributed by atoms with E-state index in [1.165, 1.54) is 6.07 Å². The number of benzene rings is 2. The van der Waals surface area contributed by atoms with Crippen LogP contribution in [0, 0.1) is 11.6 Å². The van der Waals surface area contributed by atoms with Crippen molar-refractivity contribution in [2.75, 3.05) is 27.4 Å². The number of methoxy groups -OCH3 is 2. The summed E-state index contributed by atoms with van der Waals surface area (Å²) in [6.07, 6.45) is 0.673. The van der Waals surface area contributed by atoms with Gasteiger partial charge in [-0.2, -0.15) is 0 Å². The first-order valence-corrected chi connectivity index (χ1v) is 8.11. The minimum Gasteiger partial charge on any atom is -0.493 e. The number of hydrogen-bond donors (Lipinski definition) is 0. The molecule has 2 aromatic carbocycles. The summed E-state index contributed by atoms with van der Waals surface area (Å²) >= 11 is 0. The van der Waals surface area contributed by atoms with Crippen LogP contribution in [0.1, 0.15) is 11.1 Å². The maximum absolute atomic E-state index is 13.6. The van der Waals surface area contributed by atoms with Crippen LogP contribution < -0.4 is 14.2 Å². The van der Waals surface area contributed by atoms with Gasteiger partial charge in [0.15, 0.2) is 29.7 Å². The summed E-state index contributed by atoms with van der Waals surface area (Å²) in [6.45, 7) is 0.617. The number of carbonyl (C=O) groups excluding carboxylic acids is 1. The van der Waals surface area contributed by atoms with Crippen LogP contribution in [0.5, 0.6) is 17.2 Å². The van der Waals surface area contributed by atoms with E-state index >= 15 is 0 Å². The van der Waals surface area contributed by atoms with Gasteiger partial charge in [0.1, 0.15) is 5.82 Å². The third-order valence-corrected chi connectivity index (χ3v) is 4.32. The molecule has 1 heterocycles. The molecular weight excluding hydrogens is 344 g/mol. The predicted molar refractivity (Wildman–Crippen MR) is 90.5 cm³/mol. The first-order chi connectivity index (χ1) is 12.5. The highest BCUT2D eigenvalue weighted by Crippen LogP contribution is 2.33. The van der Waals surface area contributed by atoms with Crippen LogP contribution in [0.4, 0.5) is 8.78 Å². The highest BCUT2D eigenvalue weighted by atomic mass is 19.1. The van der Waals surface area contributed by atoms with E-state index in [2.05, 4.69) is 0 Å². The smallest absolute Gasteiger partial charge is 0.260 e. The Morgan fingerprint density at radius 1 is 1.04 bits per heavy atom. The minimum absolute atomic E-state index is 0.149. The fraction of sp³-hybridized carbons (Fsp3) is 0.316. The third-order valence-electron chi connectivity index (χ3n) is 4.32. The highest BCUT2D eigenvalue weighted by Gasteiger charge is 2.23. The summed E-state index contributed by atoms with van der Waals surface area (Å²) in [7, 11) is 3.13. The van der Waals surface area contributed by atoms with Gasteiger partial charge >= 0.3 is 0 Å². The van der Waals surface area contributed by atoms with Gasteiger partial charge in [0.2, 0.25) is 0 Å². The molecule has 0 fully saturated rings. The first kappa shape index (κ1) is 18.0. The Balaban J connectivity index is 1.67. The predicted octanol–water partition coefficient (Wildman–Crippen LogP) is 2.95.